The topological polar surface area (TPSA) is 71.1 Å². The molecule has 1 aromatic heterocycles. The van der Waals surface area contributed by atoms with Crippen molar-refractivity contribution in [3.63, 3.8) is 0 Å². The summed E-state index contributed by atoms with van der Waals surface area (Å²) in [5.41, 5.74) is 0.514. The Labute approximate surface area is 141 Å². The van der Waals surface area contributed by atoms with E-state index in [-0.39, 0.29) is 29.0 Å². The Balaban J connectivity index is 1.97. The smallest absolute Gasteiger partial charge is 0.230 e. The third-order valence-corrected chi connectivity index (χ3v) is 3.97. The number of thiazole rings is 1. The molecule has 23 heavy (non-hydrogen) atoms. The third kappa shape index (κ3) is 4.74. The summed E-state index contributed by atoms with van der Waals surface area (Å²) >= 11 is 6.89. The van der Waals surface area contributed by atoms with E-state index in [0.717, 1.165) is 0 Å². The second-order valence-corrected chi connectivity index (χ2v) is 6.38. The Hall–Kier alpha value is -1.99. The molecule has 0 aliphatic rings. The Morgan fingerprint density at radius 2 is 2.09 bits per heavy atom. The summed E-state index contributed by atoms with van der Waals surface area (Å²) in [6.45, 7) is 3.55. The summed E-state index contributed by atoms with van der Waals surface area (Å²) in [7, 11) is 0. The number of rotatable bonds is 5. The Bertz CT molecular complexity index is 733. The molecule has 0 saturated heterocycles. The number of halogens is 2. The summed E-state index contributed by atoms with van der Waals surface area (Å²) in [5, 5.41) is 7.15. The van der Waals surface area contributed by atoms with Crippen LogP contribution in [0.4, 0.5) is 15.2 Å². The van der Waals surface area contributed by atoms with Crippen LogP contribution in [0.5, 0.6) is 0 Å². The number of amides is 2. The monoisotopic (exact) mass is 355 g/mol. The van der Waals surface area contributed by atoms with Crippen LogP contribution in [-0.4, -0.2) is 16.8 Å². The van der Waals surface area contributed by atoms with Crippen LogP contribution in [0.15, 0.2) is 23.6 Å². The molecule has 0 aliphatic heterocycles. The molecule has 0 atom stereocenters. The molecule has 0 fully saturated rings. The maximum Gasteiger partial charge on any atom is 0.230 e. The average molecular weight is 356 g/mol. The van der Waals surface area contributed by atoms with Gasteiger partial charge in [-0.15, -0.1) is 11.3 Å². The van der Waals surface area contributed by atoms with Crippen molar-refractivity contribution in [2.45, 2.75) is 20.3 Å². The first-order valence-electron chi connectivity index (χ1n) is 6.86. The van der Waals surface area contributed by atoms with E-state index in [2.05, 4.69) is 15.6 Å². The maximum atomic E-state index is 13.7. The van der Waals surface area contributed by atoms with Crippen LogP contribution >= 0.6 is 22.9 Å². The van der Waals surface area contributed by atoms with Gasteiger partial charge in [0, 0.05) is 11.3 Å². The van der Waals surface area contributed by atoms with Gasteiger partial charge >= 0.3 is 0 Å². The van der Waals surface area contributed by atoms with Crippen LogP contribution in [0.2, 0.25) is 5.02 Å². The first-order chi connectivity index (χ1) is 10.9. The fourth-order valence-electron chi connectivity index (χ4n) is 1.65. The third-order valence-electron chi connectivity index (χ3n) is 2.87. The molecule has 2 N–H and O–H groups in total. The van der Waals surface area contributed by atoms with Crippen molar-refractivity contribution in [2.75, 3.05) is 10.6 Å². The summed E-state index contributed by atoms with van der Waals surface area (Å²) in [6.07, 6.45) is -0.0278. The lowest BCUT2D eigenvalue weighted by Crippen LogP contribution is -2.18. The minimum absolute atomic E-state index is 0.0195. The molecule has 1 heterocycles. The molecule has 0 unspecified atom stereocenters. The van der Waals surface area contributed by atoms with Gasteiger partial charge in [-0.3, -0.25) is 9.59 Å². The standard InChI is InChI=1S/C15H15ClFN3O2S/c1-8(2)14(22)20-15-18-9(7-23-15)6-12(21)19-11-5-3-4-10(16)13(11)17/h3-5,7-8H,6H2,1-2H3,(H,19,21)(H,18,20,22). The second kappa shape index (κ2) is 7.52. The van der Waals surface area contributed by atoms with Crippen molar-refractivity contribution in [1.82, 2.24) is 4.98 Å². The second-order valence-electron chi connectivity index (χ2n) is 5.11. The number of hydrogen-bond donors (Lipinski definition) is 2. The average Bonchev–Trinajstić information content (AvgIpc) is 2.90. The van der Waals surface area contributed by atoms with E-state index in [1.54, 1.807) is 25.3 Å². The number of nitrogens with one attached hydrogen (secondary N) is 2. The summed E-state index contributed by atoms with van der Waals surface area (Å²) in [4.78, 5) is 27.7. The van der Waals surface area contributed by atoms with Crippen molar-refractivity contribution in [3.8, 4) is 0 Å². The zero-order chi connectivity index (χ0) is 17.0. The van der Waals surface area contributed by atoms with Gasteiger partial charge in [0.15, 0.2) is 10.9 Å². The fourth-order valence-corrected chi connectivity index (χ4v) is 2.54. The zero-order valence-corrected chi connectivity index (χ0v) is 14.1. The number of carbonyl (C=O) groups is 2. The normalized spacial score (nSPS) is 10.7. The van der Waals surface area contributed by atoms with Crippen LogP contribution in [0.1, 0.15) is 19.5 Å². The van der Waals surface area contributed by atoms with E-state index in [4.69, 9.17) is 11.6 Å². The van der Waals surface area contributed by atoms with Gasteiger partial charge in [-0.1, -0.05) is 31.5 Å². The molecule has 0 saturated carbocycles. The quantitative estimate of drug-likeness (QED) is 0.858. The molecule has 2 amide bonds. The first kappa shape index (κ1) is 17.4. The van der Waals surface area contributed by atoms with E-state index in [9.17, 15) is 14.0 Å². The lowest BCUT2D eigenvalue weighted by Gasteiger charge is -2.06. The highest BCUT2D eigenvalue weighted by atomic mass is 35.5. The van der Waals surface area contributed by atoms with E-state index in [1.807, 2.05) is 0 Å². The summed E-state index contributed by atoms with van der Waals surface area (Å²) < 4.78 is 13.7. The van der Waals surface area contributed by atoms with Crippen molar-refractivity contribution in [2.24, 2.45) is 5.92 Å². The van der Waals surface area contributed by atoms with E-state index < -0.39 is 11.7 Å². The molecule has 8 heteroatoms. The summed E-state index contributed by atoms with van der Waals surface area (Å²) in [5.74, 6) is -1.39. The molecular formula is C15H15ClFN3O2S. The first-order valence-corrected chi connectivity index (χ1v) is 8.11. The van der Waals surface area contributed by atoms with Gasteiger partial charge in [-0.2, -0.15) is 0 Å². The van der Waals surface area contributed by atoms with Crippen LogP contribution < -0.4 is 10.6 Å². The lowest BCUT2D eigenvalue weighted by molar-refractivity contribution is -0.119. The van der Waals surface area contributed by atoms with Crippen molar-refractivity contribution in [3.05, 3.63) is 40.1 Å². The number of nitrogens with zero attached hydrogens (tertiary/aromatic N) is 1. The minimum Gasteiger partial charge on any atom is -0.323 e. The van der Waals surface area contributed by atoms with Crippen LogP contribution in [-0.2, 0) is 16.0 Å². The van der Waals surface area contributed by atoms with Crippen LogP contribution in [0, 0.1) is 11.7 Å². The highest BCUT2D eigenvalue weighted by molar-refractivity contribution is 7.13. The molecule has 122 valence electrons. The predicted octanol–water partition coefficient (Wildman–Crippen LogP) is 3.71. The van der Waals surface area contributed by atoms with Gasteiger partial charge in [-0.05, 0) is 12.1 Å². The number of aromatic nitrogens is 1. The molecule has 0 bridgehead atoms. The molecule has 5 nitrogen and oxygen atoms in total. The van der Waals surface area contributed by atoms with Gasteiger partial charge in [-0.25, -0.2) is 9.37 Å². The van der Waals surface area contributed by atoms with Gasteiger partial charge in [0.1, 0.15) is 0 Å². The van der Waals surface area contributed by atoms with Crippen LogP contribution in [0.25, 0.3) is 0 Å². The van der Waals surface area contributed by atoms with E-state index in [1.165, 1.54) is 23.5 Å². The molecule has 2 rings (SSSR count). The molecule has 2 aromatic rings. The molecular weight excluding hydrogens is 341 g/mol. The van der Waals surface area contributed by atoms with Crippen molar-refractivity contribution < 1.29 is 14.0 Å². The number of hydrogen-bond acceptors (Lipinski definition) is 4. The van der Waals surface area contributed by atoms with Gasteiger partial charge < -0.3 is 10.6 Å². The largest absolute Gasteiger partial charge is 0.323 e. The van der Waals surface area contributed by atoms with Gasteiger partial charge in [0.2, 0.25) is 11.8 Å². The SMILES string of the molecule is CC(C)C(=O)Nc1nc(CC(=O)Nc2cccc(Cl)c2F)cs1. The Morgan fingerprint density at radius 3 is 2.78 bits per heavy atom. The lowest BCUT2D eigenvalue weighted by atomic mass is 10.2. The Morgan fingerprint density at radius 1 is 1.35 bits per heavy atom. The molecule has 0 aliphatic carbocycles. The van der Waals surface area contributed by atoms with Crippen LogP contribution in [0.3, 0.4) is 0 Å². The minimum atomic E-state index is -0.675. The maximum absolute atomic E-state index is 13.7. The number of carbonyl (C=O) groups excluding carboxylic acids is 2. The summed E-state index contributed by atoms with van der Waals surface area (Å²) in [6, 6.07) is 4.37. The molecule has 0 radical (unpaired) electrons. The van der Waals surface area contributed by atoms with Crippen molar-refractivity contribution in [1.29, 1.82) is 0 Å². The fraction of sp³-hybridized carbons (Fsp3) is 0.267. The van der Waals surface area contributed by atoms with Gasteiger partial charge in [0.25, 0.3) is 0 Å². The zero-order valence-electron chi connectivity index (χ0n) is 12.5. The highest BCUT2D eigenvalue weighted by Gasteiger charge is 2.13. The predicted molar refractivity (Wildman–Crippen MR) is 89.3 cm³/mol. The van der Waals surface area contributed by atoms with Gasteiger partial charge in [0.05, 0.1) is 22.8 Å². The van der Waals surface area contributed by atoms with E-state index >= 15 is 0 Å². The van der Waals surface area contributed by atoms with E-state index in [0.29, 0.717) is 10.8 Å². The molecule has 0 spiro atoms. The molecule has 1 aromatic carbocycles. The highest BCUT2D eigenvalue weighted by Crippen LogP contribution is 2.22. The number of anilines is 2. The number of benzene rings is 1. The van der Waals surface area contributed by atoms with Crippen molar-refractivity contribution >= 4 is 45.6 Å². The Kier molecular flexibility index (Phi) is 5.68.